The summed E-state index contributed by atoms with van der Waals surface area (Å²) in [6, 6.07) is 9.43. The zero-order chi connectivity index (χ0) is 13.1. The monoisotopic (exact) mass is 247 g/mol. The van der Waals surface area contributed by atoms with Crippen LogP contribution in [0.4, 0.5) is 0 Å². The van der Waals surface area contributed by atoms with Gasteiger partial charge in [-0.1, -0.05) is 30.3 Å². The topological polar surface area (TPSA) is 46.6 Å². The van der Waals surface area contributed by atoms with Gasteiger partial charge >= 0.3 is 5.97 Å². The highest BCUT2D eigenvalue weighted by Crippen LogP contribution is 2.27. The number of ether oxygens (including phenoxy) is 1. The Balaban J connectivity index is 2.19. The van der Waals surface area contributed by atoms with E-state index in [2.05, 4.69) is 0 Å². The van der Waals surface area contributed by atoms with E-state index in [1.807, 2.05) is 42.3 Å². The van der Waals surface area contributed by atoms with Crippen LogP contribution in [0.1, 0.15) is 24.9 Å². The van der Waals surface area contributed by atoms with Gasteiger partial charge in [-0.05, 0) is 19.5 Å². The van der Waals surface area contributed by atoms with E-state index >= 15 is 0 Å². The van der Waals surface area contributed by atoms with Crippen molar-refractivity contribution in [2.45, 2.75) is 25.4 Å². The molecule has 0 spiro atoms. The van der Waals surface area contributed by atoms with Gasteiger partial charge in [0.2, 0.25) is 0 Å². The molecule has 0 saturated carbocycles. The number of esters is 1. The predicted molar refractivity (Wildman–Crippen MR) is 67.0 cm³/mol. The molecular formula is C14H17NO3. The van der Waals surface area contributed by atoms with Crippen molar-refractivity contribution in [3.63, 3.8) is 0 Å². The summed E-state index contributed by atoms with van der Waals surface area (Å²) in [6.07, 6.45) is 0.207. The van der Waals surface area contributed by atoms with Crippen molar-refractivity contribution in [1.29, 1.82) is 0 Å². The van der Waals surface area contributed by atoms with Crippen molar-refractivity contribution >= 4 is 11.8 Å². The third-order valence-corrected chi connectivity index (χ3v) is 3.30. The average Bonchev–Trinajstić information content (AvgIpc) is 2.35. The van der Waals surface area contributed by atoms with Crippen LogP contribution in [0.25, 0.3) is 0 Å². The summed E-state index contributed by atoms with van der Waals surface area (Å²) < 4.78 is 5.20. The molecule has 1 saturated heterocycles. The number of cyclic esters (lactones) is 1. The van der Waals surface area contributed by atoms with E-state index in [4.69, 9.17) is 4.74 Å². The molecule has 1 aliphatic heterocycles. The van der Waals surface area contributed by atoms with Gasteiger partial charge in [0.05, 0.1) is 6.04 Å². The molecule has 4 nitrogen and oxygen atoms in total. The molecule has 0 amide bonds. The van der Waals surface area contributed by atoms with Gasteiger partial charge in [-0.25, -0.2) is 0 Å². The number of carbonyl (C=O) groups excluding carboxylic acids is 2. The largest absolute Gasteiger partial charge is 0.462 e. The molecule has 0 aromatic heterocycles. The summed E-state index contributed by atoms with van der Waals surface area (Å²) in [5.41, 5.74) is 1.10. The van der Waals surface area contributed by atoms with Crippen LogP contribution in [0.15, 0.2) is 30.3 Å². The molecule has 1 heterocycles. The Bertz CT molecular complexity index is 444. The highest BCUT2D eigenvalue weighted by molar-refractivity contribution is 5.85. The van der Waals surface area contributed by atoms with E-state index in [0.717, 1.165) is 5.56 Å². The molecule has 18 heavy (non-hydrogen) atoms. The minimum atomic E-state index is -0.471. The molecular weight excluding hydrogens is 230 g/mol. The Kier molecular flexibility index (Phi) is 3.77. The molecule has 0 unspecified atom stereocenters. The van der Waals surface area contributed by atoms with E-state index < -0.39 is 6.04 Å². The van der Waals surface area contributed by atoms with Crippen LogP contribution in [-0.2, 0) is 14.3 Å². The number of likely N-dealkylation sites (N-methyl/N-ethyl adjacent to an activating group) is 1. The van der Waals surface area contributed by atoms with Crippen LogP contribution in [0.2, 0.25) is 0 Å². The molecule has 96 valence electrons. The van der Waals surface area contributed by atoms with E-state index in [1.54, 1.807) is 0 Å². The lowest BCUT2D eigenvalue weighted by Gasteiger charge is -2.37. The number of carbonyl (C=O) groups is 2. The van der Waals surface area contributed by atoms with Crippen LogP contribution in [0, 0.1) is 0 Å². The van der Waals surface area contributed by atoms with E-state index in [-0.39, 0.29) is 24.2 Å². The zero-order valence-corrected chi connectivity index (χ0v) is 10.6. The van der Waals surface area contributed by atoms with Gasteiger partial charge in [0.15, 0.2) is 0 Å². The first-order chi connectivity index (χ1) is 8.59. The summed E-state index contributed by atoms with van der Waals surface area (Å²) in [6.45, 7) is 1.83. The second-order valence-electron chi connectivity index (χ2n) is 4.64. The lowest BCUT2D eigenvalue weighted by atomic mass is 10.0. The van der Waals surface area contributed by atoms with Gasteiger partial charge in [0.25, 0.3) is 0 Å². The van der Waals surface area contributed by atoms with Crippen molar-refractivity contribution in [2.24, 2.45) is 0 Å². The van der Waals surface area contributed by atoms with Gasteiger partial charge < -0.3 is 4.74 Å². The molecule has 2 rings (SSSR count). The number of morpholine rings is 1. The first-order valence-electron chi connectivity index (χ1n) is 6.02. The standard InChI is InChI=1S/C14H17NO3/c1-10(16)8-12-14(17)18-9-13(15(12)2)11-6-4-3-5-7-11/h3-7,12-13H,8-9H2,1-2H3/t12-,13+/m1/s1. The van der Waals surface area contributed by atoms with Crippen LogP contribution in [-0.4, -0.2) is 36.3 Å². The first-order valence-corrected chi connectivity index (χ1v) is 6.02. The number of benzene rings is 1. The molecule has 1 aromatic rings. The highest BCUT2D eigenvalue weighted by Gasteiger charge is 2.36. The number of nitrogens with zero attached hydrogens (tertiary/aromatic N) is 1. The normalized spacial score (nSPS) is 24.7. The van der Waals surface area contributed by atoms with Crippen LogP contribution in [0.3, 0.4) is 0 Å². The van der Waals surface area contributed by atoms with Crippen molar-refractivity contribution in [2.75, 3.05) is 13.7 Å². The van der Waals surface area contributed by atoms with Crippen molar-refractivity contribution in [3.8, 4) is 0 Å². The quantitative estimate of drug-likeness (QED) is 0.761. The second-order valence-corrected chi connectivity index (χ2v) is 4.64. The van der Waals surface area contributed by atoms with Crippen LogP contribution >= 0.6 is 0 Å². The Hall–Kier alpha value is -1.68. The minimum absolute atomic E-state index is 0.00230. The molecule has 1 fully saturated rings. The molecule has 0 radical (unpaired) electrons. The van der Waals surface area contributed by atoms with Gasteiger partial charge in [-0.2, -0.15) is 0 Å². The number of hydrogen-bond acceptors (Lipinski definition) is 4. The number of hydrogen-bond donors (Lipinski definition) is 0. The van der Waals surface area contributed by atoms with E-state index in [9.17, 15) is 9.59 Å². The lowest BCUT2D eigenvalue weighted by Crippen LogP contribution is -2.49. The third-order valence-electron chi connectivity index (χ3n) is 3.30. The Labute approximate surface area is 107 Å². The Morgan fingerprint density at radius 3 is 2.67 bits per heavy atom. The zero-order valence-electron chi connectivity index (χ0n) is 10.6. The van der Waals surface area contributed by atoms with Crippen molar-refractivity contribution in [1.82, 2.24) is 4.90 Å². The van der Waals surface area contributed by atoms with Crippen LogP contribution in [0.5, 0.6) is 0 Å². The smallest absolute Gasteiger partial charge is 0.323 e. The fourth-order valence-corrected chi connectivity index (χ4v) is 2.26. The summed E-state index contributed by atoms with van der Waals surface area (Å²) >= 11 is 0. The van der Waals surface area contributed by atoms with Crippen LogP contribution < -0.4 is 0 Å². The van der Waals surface area contributed by atoms with Gasteiger partial charge in [0.1, 0.15) is 18.4 Å². The molecule has 0 bridgehead atoms. The fraction of sp³-hybridized carbons (Fsp3) is 0.429. The molecule has 0 N–H and O–H groups in total. The molecule has 1 aliphatic rings. The predicted octanol–water partition coefficient (Wildman–Crippen LogP) is 1.56. The second kappa shape index (κ2) is 5.31. The SMILES string of the molecule is CC(=O)C[C@@H]1C(=O)OC[C@@H](c2ccccc2)N1C. The minimum Gasteiger partial charge on any atom is -0.462 e. The summed E-state index contributed by atoms with van der Waals surface area (Å²) in [4.78, 5) is 24.8. The lowest BCUT2D eigenvalue weighted by molar-refractivity contribution is -0.162. The number of Topliss-reactive ketones (excluding diaryl/α,β-unsaturated/α-hetero) is 1. The summed E-state index contributed by atoms with van der Waals surface area (Å²) in [5.74, 6) is -0.308. The highest BCUT2D eigenvalue weighted by atomic mass is 16.5. The van der Waals surface area contributed by atoms with Crippen molar-refractivity contribution in [3.05, 3.63) is 35.9 Å². The maximum atomic E-state index is 11.7. The van der Waals surface area contributed by atoms with E-state index in [1.165, 1.54) is 6.92 Å². The number of rotatable bonds is 3. The first kappa shape index (κ1) is 12.8. The van der Waals surface area contributed by atoms with Gasteiger partial charge in [-0.15, -0.1) is 0 Å². The molecule has 1 aromatic carbocycles. The third kappa shape index (κ3) is 2.59. The Morgan fingerprint density at radius 2 is 2.06 bits per heavy atom. The fourth-order valence-electron chi connectivity index (χ4n) is 2.26. The molecule has 0 aliphatic carbocycles. The summed E-state index contributed by atoms with van der Waals surface area (Å²) in [7, 11) is 1.87. The number of ketones is 1. The maximum absolute atomic E-state index is 11.7. The van der Waals surface area contributed by atoms with Gasteiger partial charge in [0, 0.05) is 6.42 Å². The maximum Gasteiger partial charge on any atom is 0.323 e. The molecule has 4 heteroatoms. The average molecular weight is 247 g/mol. The van der Waals surface area contributed by atoms with Gasteiger partial charge in [-0.3, -0.25) is 14.5 Å². The molecule has 2 atom stereocenters. The Morgan fingerprint density at radius 1 is 1.39 bits per heavy atom. The van der Waals surface area contributed by atoms with Crippen molar-refractivity contribution < 1.29 is 14.3 Å². The van der Waals surface area contributed by atoms with E-state index in [0.29, 0.717) is 6.61 Å². The summed E-state index contributed by atoms with van der Waals surface area (Å²) in [5, 5.41) is 0.